The maximum Gasteiger partial charge on any atom is 0.101 e. The van der Waals surface area contributed by atoms with Crippen LogP contribution in [0.25, 0.3) is 0 Å². The highest BCUT2D eigenvalue weighted by Gasteiger charge is 2.45. The Bertz CT molecular complexity index is 174. The van der Waals surface area contributed by atoms with E-state index in [2.05, 4.69) is 11.8 Å². The first-order chi connectivity index (χ1) is 6.87. The molecule has 3 heteroatoms. The lowest BCUT2D eigenvalue weighted by Crippen LogP contribution is -2.42. The average molecular weight is 199 g/mol. The van der Waals surface area contributed by atoms with Crippen LogP contribution in [0.4, 0.5) is 0 Å². The number of hydrogen-bond acceptors (Lipinski definition) is 3. The molecule has 2 heterocycles. The van der Waals surface area contributed by atoms with Crippen LogP contribution in [0.3, 0.4) is 0 Å². The summed E-state index contributed by atoms with van der Waals surface area (Å²) in [5.41, 5.74) is 0.244. The predicted molar refractivity (Wildman–Crippen MR) is 55.0 cm³/mol. The molecular formula is C11H21NO2. The molecule has 14 heavy (non-hydrogen) atoms. The zero-order valence-corrected chi connectivity index (χ0v) is 9.13. The molecule has 2 aliphatic rings. The molecular weight excluding hydrogens is 178 g/mol. The molecule has 0 spiro atoms. The Hall–Kier alpha value is -0.120. The summed E-state index contributed by atoms with van der Waals surface area (Å²) in [5.74, 6) is 0. The van der Waals surface area contributed by atoms with Crippen LogP contribution in [0, 0.1) is 0 Å². The van der Waals surface area contributed by atoms with E-state index in [-0.39, 0.29) is 5.54 Å². The second-order valence-corrected chi connectivity index (χ2v) is 4.53. The monoisotopic (exact) mass is 199 g/mol. The van der Waals surface area contributed by atoms with Gasteiger partial charge in [-0.2, -0.15) is 0 Å². The minimum Gasteiger partial charge on any atom is -0.364 e. The van der Waals surface area contributed by atoms with E-state index in [9.17, 15) is 0 Å². The molecule has 0 amide bonds. The molecule has 0 aromatic heterocycles. The first-order valence-electron chi connectivity index (χ1n) is 5.78. The molecule has 0 N–H and O–H groups in total. The van der Waals surface area contributed by atoms with Gasteiger partial charge in [0.15, 0.2) is 0 Å². The van der Waals surface area contributed by atoms with E-state index < -0.39 is 0 Å². The normalized spacial score (nSPS) is 25.5. The van der Waals surface area contributed by atoms with E-state index in [1.54, 1.807) is 0 Å². The van der Waals surface area contributed by atoms with Gasteiger partial charge in [0.05, 0.1) is 18.8 Å². The number of unbranched alkanes of at least 4 members (excludes halogenated alkanes) is 3. The second-order valence-electron chi connectivity index (χ2n) is 4.53. The molecule has 0 saturated carbocycles. The van der Waals surface area contributed by atoms with Crippen molar-refractivity contribution in [1.82, 2.24) is 4.90 Å². The van der Waals surface area contributed by atoms with Gasteiger partial charge in [0.1, 0.15) is 13.5 Å². The second kappa shape index (κ2) is 4.60. The molecule has 2 saturated heterocycles. The van der Waals surface area contributed by atoms with Crippen molar-refractivity contribution in [3.05, 3.63) is 0 Å². The molecule has 3 nitrogen and oxygen atoms in total. The van der Waals surface area contributed by atoms with E-state index in [0.717, 1.165) is 26.7 Å². The van der Waals surface area contributed by atoms with Crippen LogP contribution in [0.5, 0.6) is 0 Å². The lowest BCUT2D eigenvalue weighted by molar-refractivity contribution is 0.0695. The van der Waals surface area contributed by atoms with Gasteiger partial charge < -0.3 is 9.47 Å². The lowest BCUT2D eigenvalue weighted by atomic mass is 9.94. The van der Waals surface area contributed by atoms with Crippen LogP contribution in [0.15, 0.2) is 0 Å². The van der Waals surface area contributed by atoms with E-state index in [4.69, 9.17) is 9.47 Å². The quantitative estimate of drug-likeness (QED) is 0.632. The van der Waals surface area contributed by atoms with Crippen molar-refractivity contribution < 1.29 is 9.47 Å². The SMILES string of the molecule is CCCCCCC12COCN1COC2. The molecule has 0 atom stereocenters. The fourth-order valence-electron chi connectivity index (χ4n) is 2.41. The summed E-state index contributed by atoms with van der Waals surface area (Å²) >= 11 is 0. The highest BCUT2D eigenvalue weighted by molar-refractivity contribution is 4.95. The van der Waals surface area contributed by atoms with Crippen molar-refractivity contribution in [3.63, 3.8) is 0 Å². The van der Waals surface area contributed by atoms with Crippen molar-refractivity contribution in [3.8, 4) is 0 Å². The highest BCUT2D eigenvalue weighted by atomic mass is 16.6. The van der Waals surface area contributed by atoms with Gasteiger partial charge in [0.25, 0.3) is 0 Å². The van der Waals surface area contributed by atoms with Crippen molar-refractivity contribution >= 4 is 0 Å². The summed E-state index contributed by atoms with van der Waals surface area (Å²) in [5, 5.41) is 0. The Balaban J connectivity index is 1.77. The van der Waals surface area contributed by atoms with Crippen LogP contribution in [-0.2, 0) is 9.47 Å². The van der Waals surface area contributed by atoms with Gasteiger partial charge in [-0.05, 0) is 6.42 Å². The Morgan fingerprint density at radius 3 is 2.43 bits per heavy atom. The Labute approximate surface area is 86.4 Å². The van der Waals surface area contributed by atoms with E-state index >= 15 is 0 Å². The maximum atomic E-state index is 5.52. The zero-order valence-electron chi connectivity index (χ0n) is 9.13. The van der Waals surface area contributed by atoms with E-state index in [1.807, 2.05) is 0 Å². The number of rotatable bonds is 5. The van der Waals surface area contributed by atoms with Gasteiger partial charge in [0, 0.05) is 0 Å². The summed E-state index contributed by atoms with van der Waals surface area (Å²) in [7, 11) is 0. The minimum atomic E-state index is 0.244. The summed E-state index contributed by atoms with van der Waals surface area (Å²) in [6.07, 6.45) is 6.58. The topological polar surface area (TPSA) is 21.7 Å². The van der Waals surface area contributed by atoms with Crippen molar-refractivity contribution in [2.75, 3.05) is 26.7 Å². The van der Waals surface area contributed by atoms with Crippen LogP contribution >= 0.6 is 0 Å². The van der Waals surface area contributed by atoms with Gasteiger partial charge in [-0.15, -0.1) is 0 Å². The number of fused-ring (bicyclic) bond motifs is 1. The molecule has 0 aromatic rings. The average Bonchev–Trinajstić information content (AvgIpc) is 2.71. The fraction of sp³-hybridized carbons (Fsp3) is 1.00. The smallest absolute Gasteiger partial charge is 0.101 e. The molecule has 0 radical (unpaired) electrons. The van der Waals surface area contributed by atoms with Gasteiger partial charge in [-0.1, -0.05) is 32.6 Å². The van der Waals surface area contributed by atoms with Crippen molar-refractivity contribution in [1.29, 1.82) is 0 Å². The minimum absolute atomic E-state index is 0.244. The highest BCUT2D eigenvalue weighted by Crippen LogP contribution is 2.32. The third-order valence-corrected chi connectivity index (χ3v) is 3.40. The molecule has 2 fully saturated rings. The number of hydrogen-bond donors (Lipinski definition) is 0. The van der Waals surface area contributed by atoms with E-state index in [1.165, 1.54) is 32.1 Å². The van der Waals surface area contributed by atoms with Crippen LogP contribution in [0.2, 0.25) is 0 Å². The zero-order chi connectivity index (χ0) is 9.86. The standard InChI is InChI=1S/C11H21NO2/c1-2-3-4-5-6-11-7-13-9-12(11)10-14-8-11/h2-10H2,1H3. The van der Waals surface area contributed by atoms with Gasteiger partial charge in [-0.25, -0.2) is 4.90 Å². The van der Waals surface area contributed by atoms with Gasteiger partial charge in [0.2, 0.25) is 0 Å². The van der Waals surface area contributed by atoms with Crippen LogP contribution < -0.4 is 0 Å². The largest absolute Gasteiger partial charge is 0.364 e. The van der Waals surface area contributed by atoms with Gasteiger partial charge >= 0.3 is 0 Å². The van der Waals surface area contributed by atoms with Crippen LogP contribution in [0.1, 0.15) is 39.0 Å². The summed E-state index contributed by atoms with van der Waals surface area (Å²) in [4.78, 5) is 2.35. The molecule has 0 bridgehead atoms. The summed E-state index contributed by atoms with van der Waals surface area (Å²) < 4.78 is 11.0. The maximum absolute atomic E-state index is 5.52. The van der Waals surface area contributed by atoms with Gasteiger partial charge in [-0.3, -0.25) is 0 Å². The Morgan fingerprint density at radius 1 is 1.07 bits per heavy atom. The fourth-order valence-corrected chi connectivity index (χ4v) is 2.41. The number of ether oxygens (including phenoxy) is 2. The Morgan fingerprint density at radius 2 is 1.79 bits per heavy atom. The van der Waals surface area contributed by atoms with Crippen LogP contribution in [-0.4, -0.2) is 37.1 Å². The lowest BCUT2D eigenvalue weighted by Gasteiger charge is -2.27. The van der Waals surface area contributed by atoms with Crippen molar-refractivity contribution in [2.24, 2.45) is 0 Å². The molecule has 2 aliphatic heterocycles. The summed E-state index contributed by atoms with van der Waals surface area (Å²) in [6, 6.07) is 0. The van der Waals surface area contributed by atoms with E-state index in [0.29, 0.717) is 0 Å². The molecule has 0 aromatic carbocycles. The first-order valence-corrected chi connectivity index (χ1v) is 5.78. The first kappa shape index (κ1) is 10.4. The third-order valence-electron chi connectivity index (χ3n) is 3.40. The molecule has 0 aliphatic carbocycles. The molecule has 2 rings (SSSR count). The number of nitrogens with zero attached hydrogens (tertiary/aromatic N) is 1. The molecule has 0 unspecified atom stereocenters. The Kier molecular flexibility index (Phi) is 3.42. The predicted octanol–water partition coefficient (Wildman–Crippen LogP) is 1.97. The molecule has 82 valence electrons. The third kappa shape index (κ3) is 1.95. The van der Waals surface area contributed by atoms with Crippen molar-refractivity contribution in [2.45, 2.75) is 44.6 Å². The summed E-state index contributed by atoms with van der Waals surface area (Å²) in [6.45, 7) is 5.54.